The zero-order chi connectivity index (χ0) is 16.1. The van der Waals surface area contributed by atoms with E-state index in [4.69, 9.17) is 0 Å². The largest absolute Gasteiger partial charge is 0.331 e. The maximum atomic E-state index is 12.8. The van der Waals surface area contributed by atoms with Gasteiger partial charge >= 0.3 is 5.69 Å². The van der Waals surface area contributed by atoms with Gasteiger partial charge in [-0.1, -0.05) is 42.0 Å². The van der Waals surface area contributed by atoms with Crippen molar-refractivity contribution in [2.45, 2.75) is 6.92 Å². The maximum absolute atomic E-state index is 12.8. The van der Waals surface area contributed by atoms with E-state index >= 15 is 0 Å². The summed E-state index contributed by atoms with van der Waals surface area (Å²) in [6, 6.07) is 13.8. The molecular weight excluding hydrogens is 292 g/mol. The van der Waals surface area contributed by atoms with E-state index in [0.29, 0.717) is 16.8 Å². The van der Waals surface area contributed by atoms with Gasteiger partial charge in [0.05, 0.1) is 5.69 Å². The summed E-state index contributed by atoms with van der Waals surface area (Å²) in [5, 5.41) is 0. The lowest BCUT2D eigenvalue weighted by atomic mass is 9.90. The average Bonchev–Trinajstić information content (AvgIpc) is 2.91. The number of aromatic amines is 1. The monoisotopic (exact) mass is 304 g/mol. The number of H-pyrrole nitrogens is 1. The van der Waals surface area contributed by atoms with Crippen LogP contribution in [0, 0.1) is 6.92 Å². The van der Waals surface area contributed by atoms with Crippen molar-refractivity contribution in [2.75, 3.05) is 0 Å². The van der Waals surface area contributed by atoms with Gasteiger partial charge in [0.1, 0.15) is 11.4 Å². The Morgan fingerprint density at radius 2 is 1.43 bits per heavy atom. The first-order valence-electron chi connectivity index (χ1n) is 7.18. The van der Waals surface area contributed by atoms with Crippen LogP contribution in [-0.4, -0.2) is 21.1 Å². The Bertz CT molecular complexity index is 1020. The summed E-state index contributed by atoms with van der Waals surface area (Å²) in [5.41, 5.74) is 1.90. The third-order valence-electron chi connectivity index (χ3n) is 4.05. The lowest BCUT2D eigenvalue weighted by Gasteiger charge is -2.15. The summed E-state index contributed by atoms with van der Waals surface area (Å²) in [6.45, 7) is 1.93. The normalized spacial score (nSPS) is 12.9. The lowest BCUT2D eigenvalue weighted by Crippen LogP contribution is -2.24. The smallest absolute Gasteiger partial charge is 0.302 e. The molecule has 0 atom stereocenters. The van der Waals surface area contributed by atoms with Crippen molar-refractivity contribution in [3.05, 3.63) is 87.1 Å². The SMILES string of the molecule is Cc1ccc(-n2c3c([nH]c2=O)C(=O)c2ccccc2C3=O)cc1. The number of ketones is 2. The van der Waals surface area contributed by atoms with E-state index in [-0.39, 0.29) is 23.0 Å². The summed E-state index contributed by atoms with van der Waals surface area (Å²) in [4.78, 5) is 40.2. The molecule has 0 saturated heterocycles. The fraction of sp³-hybridized carbons (Fsp3) is 0.0556. The standard InChI is InChI=1S/C18H12N2O3/c1-10-6-8-11(9-7-10)20-15-14(19-18(20)23)16(21)12-4-2-3-5-13(12)17(15)22/h2-9H,1H3,(H,19,23). The molecule has 2 aromatic carbocycles. The molecule has 0 radical (unpaired) electrons. The number of aryl methyl sites for hydroxylation is 1. The number of nitrogens with zero attached hydrogens (tertiary/aromatic N) is 1. The highest BCUT2D eigenvalue weighted by Crippen LogP contribution is 2.26. The molecule has 0 unspecified atom stereocenters. The van der Waals surface area contributed by atoms with Crippen molar-refractivity contribution < 1.29 is 9.59 Å². The molecule has 0 amide bonds. The van der Waals surface area contributed by atoms with Crippen molar-refractivity contribution in [1.82, 2.24) is 9.55 Å². The molecule has 23 heavy (non-hydrogen) atoms. The van der Waals surface area contributed by atoms with E-state index in [9.17, 15) is 14.4 Å². The van der Waals surface area contributed by atoms with E-state index in [0.717, 1.165) is 5.56 Å². The van der Waals surface area contributed by atoms with Crippen LogP contribution in [0.5, 0.6) is 0 Å². The molecule has 0 bridgehead atoms. The van der Waals surface area contributed by atoms with Crippen molar-refractivity contribution in [3.8, 4) is 5.69 Å². The van der Waals surface area contributed by atoms with Gasteiger partial charge in [-0.25, -0.2) is 4.79 Å². The Morgan fingerprint density at radius 1 is 0.826 bits per heavy atom. The Labute approximate surface area is 131 Å². The highest BCUT2D eigenvalue weighted by Gasteiger charge is 2.34. The molecule has 1 aliphatic rings. The van der Waals surface area contributed by atoms with Crippen molar-refractivity contribution in [3.63, 3.8) is 0 Å². The minimum Gasteiger partial charge on any atom is -0.302 e. The van der Waals surface area contributed by atoms with Gasteiger partial charge in [-0.3, -0.25) is 14.2 Å². The van der Waals surface area contributed by atoms with Crippen LogP contribution < -0.4 is 5.69 Å². The minimum atomic E-state index is -0.492. The molecule has 1 heterocycles. The summed E-state index contributed by atoms with van der Waals surface area (Å²) >= 11 is 0. The molecule has 0 aliphatic heterocycles. The predicted molar refractivity (Wildman–Crippen MR) is 84.4 cm³/mol. The summed E-state index contributed by atoms with van der Waals surface area (Å²) in [7, 11) is 0. The number of carbonyl (C=O) groups excluding carboxylic acids is 2. The summed E-state index contributed by atoms with van der Waals surface area (Å²) < 4.78 is 1.27. The second-order valence-electron chi connectivity index (χ2n) is 5.53. The Kier molecular flexibility index (Phi) is 2.72. The van der Waals surface area contributed by atoms with Gasteiger partial charge in [-0.05, 0) is 19.1 Å². The predicted octanol–water partition coefficient (Wildman–Crippen LogP) is 2.25. The van der Waals surface area contributed by atoms with E-state index in [1.165, 1.54) is 4.57 Å². The summed E-state index contributed by atoms with van der Waals surface area (Å²) in [6.07, 6.45) is 0. The molecule has 3 aromatic rings. The molecule has 1 N–H and O–H groups in total. The van der Waals surface area contributed by atoms with Gasteiger partial charge in [-0.15, -0.1) is 0 Å². The molecule has 1 aliphatic carbocycles. The molecular formula is C18H12N2O3. The number of hydrogen-bond acceptors (Lipinski definition) is 3. The maximum Gasteiger partial charge on any atom is 0.331 e. The Morgan fingerprint density at radius 3 is 2.09 bits per heavy atom. The molecule has 0 spiro atoms. The number of benzene rings is 2. The third-order valence-corrected chi connectivity index (χ3v) is 4.05. The molecule has 112 valence electrons. The van der Waals surface area contributed by atoms with E-state index in [1.54, 1.807) is 36.4 Å². The van der Waals surface area contributed by atoms with Crippen LogP contribution in [0.1, 0.15) is 37.7 Å². The summed E-state index contributed by atoms with van der Waals surface area (Å²) in [5.74, 6) is -0.660. The molecule has 0 saturated carbocycles. The van der Waals surface area contributed by atoms with Crippen LogP contribution in [0.15, 0.2) is 53.3 Å². The van der Waals surface area contributed by atoms with Crippen molar-refractivity contribution in [1.29, 1.82) is 0 Å². The number of imidazole rings is 1. The average molecular weight is 304 g/mol. The van der Waals surface area contributed by atoms with Crippen LogP contribution in [-0.2, 0) is 0 Å². The Hall–Kier alpha value is -3.21. The second kappa shape index (κ2) is 4.64. The van der Waals surface area contributed by atoms with E-state index in [2.05, 4.69) is 4.98 Å². The van der Waals surface area contributed by atoms with Crippen LogP contribution >= 0.6 is 0 Å². The number of fused-ring (bicyclic) bond motifs is 2. The van der Waals surface area contributed by atoms with E-state index in [1.807, 2.05) is 19.1 Å². The van der Waals surface area contributed by atoms with Crippen LogP contribution in [0.2, 0.25) is 0 Å². The molecule has 0 fully saturated rings. The topological polar surface area (TPSA) is 71.9 Å². The van der Waals surface area contributed by atoms with Crippen LogP contribution in [0.4, 0.5) is 0 Å². The minimum absolute atomic E-state index is 0.0549. The van der Waals surface area contributed by atoms with Gasteiger partial charge < -0.3 is 4.98 Å². The molecule has 5 heteroatoms. The number of aromatic nitrogens is 2. The molecule has 1 aromatic heterocycles. The van der Waals surface area contributed by atoms with Gasteiger partial charge in [0.25, 0.3) is 0 Å². The quantitative estimate of drug-likeness (QED) is 0.586. The number of rotatable bonds is 1. The fourth-order valence-electron chi connectivity index (χ4n) is 2.90. The van der Waals surface area contributed by atoms with Gasteiger partial charge in [0.2, 0.25) is 11.6 Å². The molecule has 4 rings (SSSR count). The highest BCUT2D eigenvalue weighted by atomic mass is 16.2. The second-order valence-corrected chi connectivity index (χ2v) is 5.53. The zero-order valence-electron chi connectivity index (χ0n) is 12.3. The van der Waals surface area contributed by atoms with E-state index < -0.39 is 5.69 Å². The number of nitrogens with one attached hydrogen (secondary N) is 1. The van der Waals surface area contributed by atoms with Gasteiger partial charge in [0.15, 0.2) is 0 Å². The van der Waals surface area contributed by atoms with Crippen molar-refractivity contribution in [2.24, 2.45) is 0 Å². The fourth-order valence-corrected chi connectivity index (χ4v) is 2.90. The number of hydrogen-bond donors (Lipinski definition) is 1. The first-order chi connectivity index (χ1) is 11.1. The van der Waals surface area contributed by atoms with Gasteiger partial charge in [0, 0.05) is 11.1 Å². The zero-order valence-corrected chi connectivity index (χ0v) is 12.3. The number of carbonyl (C=O) groups is 2. The first kappa shape index (κ1) is 13.5. The third kappa shape index (κ3) is 1.83. The van der Waals surface area contributed by atoms with Gasteiger partial charge in [-0.2, -0.15) is 0 Å². The van der Waals surface area contributed by atoms with Crippen LogP contribution in [0.25, 0.3) is 5.69 Å². The van der Waals surface area contributed by atoms with Crippen LogP contribution in [0.3, 0.4) is 0 Å². The Balaban J connectivity index is 2.02. The first-order valence-corrected chi connectivity index (χ1v) is 7.18. The lowest BCUT2D eigenvalue weighted by molar-refractivity contribution is 0.0972. The highest BCUT2D eigenvalue weighted by molar-refractivity contribution is 6.27. The van der Waals surface area contributed by atoms with Crippen molar-refractivity contribution >= 4 is 11.6 Å². The molecule has 5 nitrogen and oxygen atoms in total.